The molecule has 0 unspecified atom stereocenters. The van der Waals surface area contributed by atoms with Gasteiger partial charge in [0.25, 0.3) is 11.8 Å². The van der Waals surface area contributed by atoms with Crippen LogP contribution in [-0.2, 0) is 0 Å². The van der Waals surface area contributed by atoms with Crippen molar-refractivity contribution in [1.82, 2.24) is 34.7 Å². The Bertz CT molecular complexity index is 1290. The topological polar surface area (TPSA) is 148 Å². The van der Waals surface area contributed by atoms with Crippen molar-refractivity contribution >= 4 is 29.0 Å². The van der Waals surface area contributed by atoms with Gasteiger partial charge in [-0.15, -0.1) is 0 Å². The molecular formula is C20H20N10O2. The number of fused-ring (bicyclic) bond motifs is 1. The Balaban J connectivity index is 1.46. The highest BCUT2D eigenvalue weighted by Crippen LogP contribution is 2.21. The van der Waals surface area contributed by atoms with Gasteiger partial charge < -0.3 is 21.3 Å². The van der Waals surface area contributed by atoms with Gasteiger partial charge in [-0.1, -0.05) is 0 Å². The Kier molecular flexibility index (Phi) is 4.95. The summed E-state index contributed by atoms with van der Waals surface area (Å²) >= 11 is 0. The van der Waals surface area contributed by atoms with Crippen LogP contribution in [0.3, 0.4) is 0 Å². The zero-order chi connectivity index (χ0) is 22.1. The van der Waals surface area contributed by atoms with Crippen LogP contribution >= 0.6 is 0 Å². The molecule has 32 heavy (non-hydrogen) atoms. The third kappa shape index (κ3) is 3.52. The summed E-state index contributed by atoms with van der Waals surface area (Å²) in [5.74, 6) is -0.424. The molecule has 1 saturated heterocycles. The van der Waals surface area contributed by atoms with Crippen molar-refractivity contribution < 1.29 is 9.59 Å². The van der Waals surface area contributed by atoms with E-state index in [0.717, 1.165) is 32.0 Å². The van der Waals surface area contributed by atoms with Crippen LogP contribution in [0, 0.1) is 0 Å². The number of carbonyl (C=O) groups is 2. The molecule has 0 aliphatic carbocycles. The van der Waals surface area contributed by atoms with E-state index in [-0.39, 0.29) is 16.9 Å². The summed E-state index contributed by atoms with van der Waals surface area (Å²) in [6.45, 7) is 3.40. The predicted molar refractivity (Wildman–Crippen MR) is 116 cm³/mol. The van der Waals surface area contributed by atoms with E-state index in [1.165, 1.54) is 21.6 Å². The van der Waals surface area contributed by atoms with E-state index in [1.54, 1.807) is 30.7 Å². The summed E-state index contributed by atoms with van der Waals surface area (Å²) in [5, 5.41) is 14.4. The first-order valence-corrected chi connectivity index (χ1v) is 10.0. The van der Waals surface area contributed by atoms with E-state index in [4.69, 9.17) is 5.73 Å². The Morgan fingerprint density at radius 2 is 1.84 bits per heavy atom. The summed E-state index contributed by atoms with van der Waals surface area (Å²) in [7, 11) is 0. The Labute approximate surface area is 182 Å². The number of hydrogen-bond acceptors (Lipinski definition) is 8. The zero-order valence-electron chi connectivity index (χ0n) is 17.0. The number of rotatable bonds is 5. The molecule has 1 aliphatic heterocycles. The fraction of sp³-hybridized carbons (Fsp3) is 0.200. The van der Waals surface area contributed by atoms with E-state index in [9.17, 15) is 9.59 Å². The molecular weight excluding hydrogens is 412 g/mol. The quantitative estimate of drug-likeness (QED) is 0.401. The predicted octanol–water partition coefficient (Wildman–Crippen LogP) is 0.0708. The van der Waals surface area contributed by atoms with E-state index < -0.39 is 11.8 Å². The molecule has 5 rings (SSSR count). The number of amides is 2. The van der Waals surface area contributed by atoms with E-state index in [2.05, 4.69) is 35.7 Å². The number of piperazine rings is 1. The minimum Gasteiger partial charge on any atom is -0.364 e. The van der Waals surface area contributed by atoms with Crippen molar-refractivity contribution in [2.24, 2.45) is 5.73 Å². The fourth-order valence-corrected chi connectivity index (χ4v) is 3.64. The average Bonchev–Trinajstić information content (AvgIpc) is 3.44. The van der Waals surface area contributed by atoms with Gasteiger partial charge in [-0.05, 0) is 18.2 Å². The van der Waals surface area contributed by atoms with Crippen LogP contribution in [0.4, 0.5) is 11.5 Å². The summed E-state index contributed by atoms with van der Waals surface area (Å²) in [4.78, 5) is 36.0. The number of nitrogens with zero attached hydrogens (tertiary/aromatic N) is 7. The van der Waals surface area contributed by atoms with Crippen LogP contribution in [-0.4, -0.2) is 67.4 Å². The maximum Gasteiger partial charge on any atom is 0.269 e. The fourth-order valence-electron chi connectivity index (χ4n) is 3.64. The molecule has 162 valence electrons. The average molecular weight is 432 g/mol. The number of aromatic nitrogens is 6. The number of pyridine rings is 1. The van der Waals surface area contributed by atoms with E-state index >= 15 is 0 Å². The summed E-state index contributed by atoms with van der Waals surface area (Å²) in [6, 6.07) is 5.23. The van der Waals surface area contributed by atoms with Crippen molar-refractivity contribution in [3.63, 3.8) is 0 Å². The van der Waals surface area contributed by atoms with Gasteiger partial charge in [0, 0.05) is 44.8 Å². The van der Waals surface area contributed by atoms with Crippen molar-refractivity contribution in [3.8, 4) is 5.69 Å². The van der Waals surface area contributed by atoms with Crippen molar-refractivity contribution in [2.75, 3.05) is 36.4 Å². The Hall–Kier alpha value is -4.32. The number of hydrogen-bond donors (Lipinski definition) is 3. The SMILES string of the molecule is NC(=O)c1c(NC(=O)c2cnn3ccc(N4CCNCC4)nc23)cnn1-c1ccncc1. The van der Waals surface area contributed by atoms with Crippen LogP contribution in [0.25, 0.3) is 11.3 Å². The summed E-state index contributed by atoms with van der Waals surface area (Å²) < 4.78 is 2.90. The highest BCUT2D eigenvalue weighted by atomic mass is 16.2. The van der Waals surface area contributed by atoms with Crippen LogP contribution in [0.1, 0.15) is 20.8 Å². The monoisotopic (exact) mass is 432 g/mol. The van der Waals surface area contributed by atoms with Gasteiger partial charge in [0.1, 0.15) is 11.4 Å². The number of nitrogens with two attached hydrogens (primary N) is 1. The van der Waals surface area contributed by atoms with Gasteiger partial charge in [-0.2, -0.15) is 10.2 Å². The van der Waals surface area contributed by atoms with E-state index in [1.807, 2.05) is 6.07 Å². The first-order chi connectivity index (χ1) is 15.6. The number of nitrogens with one attached hydrogen (secondary N) is 2. The largest absolute Gasteiger partial charge is 0.364 e. The second kappa shape index (κ2) is 8.07. The van der Waals surface area contributed by atoms with Gasteiger partial charge in [-0.25, -0.2) is 14.2 Å². The molecule has 0 spiro atoms. The second-order valence-corrected chi connectivity index (χ2v) is 7.19. The van der Waals surface area contributed by atoms with Crippen molar-refractivity contribution in [3.05, 3.63) is 60.4 Å². The maximum absolute atomic E-state index is 13.1. The lowest BCUT2D eigenvalue weighted by atomic mass is 10.2. The highest BCUT2D eigenvalue weighted by molar-refractivity contribution is 6.11. The minimum absolute atomic E-state index is 0.0514. The molecule has 4 aromatic heterocycles. The molecule has 2 amide bonds. The minimum atomic E-state index is -0.728. The van der Waals surface area contributed by atoms with Crippen LogP contribution in [0.5, 0.6) is 0 Å². The van der Waals surface area contributed by atoms with Crippen LogP contribution < -0.4 is 21.3 Å². The molecule has 0 radical (unpaired) electrons. The van der Waals surface area contributed by atoms with Crippen LogP contribution in [0.15, 0.2) is 49.2 Å². The summed E-state index contributed by atoms with van der Waals surface area (Å²) in [5.41, 5.74) is 7.10. The normalized spacial score (nSPS) is 13.9. The molecule has 0 atom stereocenters. The molecule has 12 nitrogen and oxygen atoms in total. The molecule has 4 N–H and O–H groups in total. The molecule has 0 aromatic carbocycles. The first-order valence-electron chi connectivity index (χ1n) is 10.0. The Morgan fingerprint density at radius 3 is 2.59 bits per heavy atom. The maximum atomic E-state index is 13.1. The van der Waals surface area contributed by atoms with Gasteiger partial charge >= 0.3 is 0 Å². The molecule has 1 aliphatic rings. The lowest BCUT2D eigenvalue weighted by molar-refractivity contribution is 0.0993. The third-order valence-corrected chi connectivity index (χ3v) is 5.20. The second-order valence-electron chi connectivity index (χ2n) is 7.19. The smallest absolute Gasteiger partial charge is 0.269 e. The molecule has 0 bridgehead atoms. The van der Waals surface area contributed by atoms with Gasteiger partial charge in [0.15, 0.2) is 11.3 Å². The number of carbonyl (C=O) groups excluding carboxylic acids is 2. The molecule has 4 aromatic rings. The molecule has 0 saturated carbocycles. The van der Waals surface area contributed by atoms with E-state index in [0.29, 0.717) is 11.3 Å². The lowest BCUT2D eigenvalue weighted by Crippen LogP contribution is -2.43. The van der Waals surface area contributed by atoms with Crippen molar-refractivity contribution in [1.29, 1.82) is 0 Å². The molecule has 5 heterocycles. The molecule has 12 heteroatoms. The van der Waals surface area contributed by atoms with Gasteiger partial charge in [0.2, 0.25) is 0 Å². The van der Waals surface area contributed by atoms with Gasteiger partial charge in [-0.3, -0.25) is 14.6 Å². The van der Waals surface area contributed by atoms with Crippen molar-refractivity contribution in [2.45, 2.75) is 0 Å². The zero-order valence-corrected chi connectivity index (χ0v) is 17.0. The van der Waals surface area contributed by atoms with Gasteiger partial charge in [0.05, 0.1) is 23.8 Å². The number of primary amides is 1. The standard InChI is InChI=1S/C20H20N10O2/c21-18(31)17-15(12-25-30(17)13-1-4-22-5-2-13)26-20(32)14-11-24-29-8-3-16(27-19(14)29)28-9-6-23-7-10-28/h1-5,8,11-12,23H,6-7,9-10H2,(H2,21,31)(H,26,32). The highest BCUT2D eigenvalue weighted by Gasteiger charge is 2.22. The third-order valence-electron chi connectivity index (χ3n) is 5.20. The summed E-state index contributed by atoms with van der Waals surface area (Å²) in [6.07, 6.45) is 7.73. The Morgan fingerprint density at radius 1 is 1.06 bits per heavy atom. The lowest BCUT2D eigenvalue weighted by Gasteiger charge is -2.28. The number of anilines is 2. The first kappa shape index (κ1) is 19.6. The molecule has 1 fully saturated rings. The van der Waals surface area contributed by atoms with Crippen LogP contribution in [0.2, 0.25) is 0 Å².